The fourth-order valence-corrected chi connectivity index (χ4v) is 4.08. The molecule has 1 N–H and O–H groups in total. The maximum absolute atomic E-state index is 14.2. The third-order valence-corrected chi connectivity index (χ3v) is 6.91. The number of nitrogens with zero attached hydrogens (tertiary/aromatic N) is 1. The standard InChI is InChI=1S/C17H16Cl3FN2O3S/c1-9(2)23(3)27(25,26)10-4-5-15(21)11(6-10)17(24)22-16-8-13(19)12(18)7-14(16)20/h4-9H,1-3H3,(H,22,24). The number of carbonyl (C=O) groups is 1. The number of sulfonamides is 1. The highest BCUT2D eigenvalue weighted by Crippen LogP contribution is 2.32. The van der Waals surface area contributed by atoms with E-state index in [4.69, 9.17) is 34.8 Å². The van der Waals surface area contributed by atoms with Crippen LogP contribution in [0.1, 0.15) is 24.2 Å². The average Bonchev–Trinajstić information content (AvgIpc) is 2.58. The number of hydrogen-bond donors (Lipinski definition) is 1. The summed E-state index contributed by atoms with van der Waals surface area (Å²) in [5.41, 5.74) is -0.335. The molecule has 0 atom stereocenters. The minimum Gasteiger partial charge on any atom is -0.320 e. The van der Waals surface area contributed by atoms with Gasteiger partial charge in [-0.15, -0.1) is 0 Å². The van der Waals surface area contributed by atoms with Gasteiger partial charge in [-0.3, -0.25) is 4.79 Å². The van der Waals surface area contributed by atoms with Crippen LogP contribution in [0.5, 0.6) is 0 Å². The molecule has 0 fully saturated rings. The lowest BCUT2D eigenvalue weighted by atomic mass is 10.2. The van der Waals surface area contributed by atoms with E-state index in [2.05, 4.69) is 5.32 Å². The van der Waals surface area contributed by atoms with Crippen molar-refractivity contribution in [1.82, 2.24) is 4.31 Å². The molecule has 2 aromatic carbocycles. The van der Waals surface area contributed by atoms with Crippen molar-refractivity contribution in [3.63, 3.8) is 0 Å². The molecule has 0 aliphatic carbocycles. The SMILES string of the molecule is CC(C)N(C)S(=O)(=O)c1ccc(F)c(C(=O)Nc2cc(Cl)c(Cl)cc2Cl)c1. The van der Waals surface area contributed by atoms with E-state index in [1.54, 1.807) is 13.8 Å². The first kappa shape index (κ1) is 21.9. The van der Waals surface area contributed by atoms with Crippen LogP contribution in [0.2, 0.25) is 15.1 Å². The molecule has 0 bridgehead atoms. The predicted molar refractivity (Wildman–Crippen MR) is 106 cm³/mol. The Bertz CT molecular complexity index is 997. The van der Waals surface area contributed by atoms with E-state index in [0.717, 1.165) is 22.5 Å². The Morgan fingerprint density at radius 3 is 2.26 bits per heavy atom. The van der Waals surface area contributed by atoms with Gasteiger partial charge in [0.15, 0.2) is 0 Å². The number of amides is 1. The molecule has 2 aromatic rings. The highest BCUT2D eigenvalue weighted by molar-refractivity contribution is 7.89. The highest BCUT2D eigenvalue weighted by Gasteiger charge is 2.25. The molecule has 0 saturated heterocycles. The van der Waals surface area contributed by atoms with Gasteiger partial charge in [0.1, 0.15) is 5.82 Å². The fourth-order valence-electron chi connectivity index (χ4n) is 2.09. The maximum atomic E-state index is 14.2. The quantitative estimate of drug-likeness (QED) is 0.643. The van der Waals surface area contributed by atoms with E-state index in [-0.39, 0.29) is 31.7 Å². The molecule has 2 rings (SSSR count). The second kappa shape index (κ2) is 8.32. The van der Waals surface area contributed by atoms with E-state index in [1.165, 1.54) is 19.2 Å². The number of nitrogens with one attached hydrogen (secondary N) is 1. The molecule has 27 heavy (non-hydrogen) atoms. The Labute approximate surface area is 172 Å². The molecule has 1 amide bonds. The summed E-state index contributed by atoms with van der Waals surface area (Å²) in [6.07, 6.45) is 0. The summed E-state index contributed by atoms with van der Waals surface area (Å²) in [6.45, 7) is 3.39. The van der Waals surface area contributed by atoms with Crippen LogP contribution in [0.15, 0.2) is 35.2 Å². The van der Waals surface area contributed by atoms with E-state index < -0.39 is 27.3 Å². The van der Waals surface area contributed by atoms with Crippen LogP contribution < -0.4 is 5.32 Å². The van der Waals surface area contributed by atoms with E-state index >= 15 is 0 Å². The van der Waals surface area contributed by atoms with E-state index in [9.17, 15) is 17.6 Å². The number of hydrogen-bond acceptors (Lipinski definition) is 3. The predicted octanol–water partition coefficient (Wildman–Crippen LogP) is 5.07. The smallest absolute Gasteiger partial charge is 0.258 e. The second-order valence-corrected chi connectivity index (χ2v) is 9.18. The molecule has 0 heterocycles. The molecule has 5 nitrogen and oxygen atoms in total. The Hall–Kier alpha value is -1.38. The molecule has 146 valence electrons. The van der Waals surface area contributed by atoms with Crippen molar-refractivity contribution in [3.8, 4) is 0 Å². The molecule has 0 unspecified atom stereocenters. The molecule has 0 aromatic heterocycles. The lowest BCUT2D eigenvalue weighted by Gasteiger charge is -2.21. The van der Waals surface area contributed by atoms with Gasteiger partial charge in [-0.2, -0.15) is 4.31 Å². The minimum absolute atomic E-state index is 0.0986. The monoisotopic (exact) mass is 452 g/mol. The Balaban J connectivity index is 2.42. The van der Waals surface area contributed by atoms with Crippen molar-refractivity contribution >= 4 is 56.4 Å². The number of rotatable bonds is 5. The summed E-state index contributed by atoms with van der Waals surface area (Å²) in [4.78, 5) is 12.3. The first-order chi connectivity index (χ1) is 12.4. The third-order valence-electron chi connectivity index (χ3n) is 3.84. The third kappa shape index (κ3) is 4.73. The van der Waals surface area contributed by atoms with E-state index in [1.807, 2.05) is 0 Å². The van der Waals surface area contributed by atoms with Gasteiger partial charge in [0.05, 0.1) is 31.2 Å². The number of anilines is 1. The second-order valence-electron chi connectivity index (χ2n) is 5.96. The van der Waals surface area contributed by atoms with Gasteiger partial charge < -0.3 is 5.32 Å². The van der Waals surface area contributed by atoms with Crippen LogP contribution >= 0.6 is 34.8 Å². The van der Waals surface area contributed by atoms with Gasteiger partial charge in [-0.25, -0.2) is 12.8 Å². The number of benzene rings is 2. The van der Waals surface area contributed by atoms with Crippen LogP contribution in [-0.2, 0) is 10.0 Å². The summed E-state index contributed by atoms with van der Waals surface area (Å²) in [5, 5.41) is 2.84. The lowest BCUT2D eigenvalue weighted by Crippen LogP contribution is -2.33. The average molecular weight is 454 g/mol. The summed E-state index contributed by atoms with van der Waals surface area (Å²) in [6, 6.07) is 5.33. The molecule has 0 aliphatic rings. The first-order valence-corrected chi connectivity index (χ1v) is 10.3. The van der Waals surface area contributed by atoms with Crippen molar-refractivity contribution in [2.75, 3.05) is 12.4 Å². The van der Waals surface area contributed by atoms with Gasteiger partial charge >= 0.3 is 0 Å². The molecular formula is C17H16Cl3FN2O3S. The zero-order valence-electron chi connectivity index (χ0n) is 14.6. The Kier molecular flexibility index (Phi) is 6.76. The van der Waals surface area contributed by atoms with Crippen molar-refractivity contribution < 1.29 is 17.6 Å². The van der Waals surface area contributed by atoms with E-state index in [0.29, 0.717) is 0 Å². The van der Waals surface area contributed by atoms with Gasteiger partial charge in [-0.1, -0.05) is 34.8 Å². The van der Waals surface area contributed by atoms with Gasteiger partial charge in [0, 0.05) is 13.1 Å². The van der Waals surface area contributed by atoms with Crippen LogP contribution in [0, 0.1) is 5.82 Å². The molecule has 0 aliphatic heterocycles. The zero-order valence-corrected chi connectivity index (χ0v) is 17.6. The van der Waals surface area contributed by atoms with Gasteiger partial charge in [0.25, 0.3) is 5.91 Å². The van der Waals surface area contributed by atoms with Crippen LogP contribution in [0.4, 0.5) is 10.1 Å². The molecule has 0 spiro atoms. The summed E-state index contributed by atoms with van der Waals surface area (Å²) < 4.78 is 40.4. The minimum atomic E-state index is -3.88. The lowest BCUT2D eigenvalue weighted by molar-refractivity contribution is 0.102. The van der Waals surface area contributed by atoms with Crippen LogP contribution in [0.25, 0.3) is 0 Å². The summed E-state index contributed by atoms with van der Waals surface area (Å²) in [5.74, 6) is -1.76. The largest absolute Gasteiger partial charge is 0.320 e. The van der Waals surface area contributed by atoms with Crippen molar-refractivity contribution in [2.24, 2.45) is 0 Å². The molecular weight excluding hydrogens is 438 g/mol. The summed E-state index contributed by atoms with van der Waals surface area (Å²) in [7, 11) is -2.48. The summed E-state index contributed by atoms with van der Waals surface area (Å²) >= 11 is 17.7. The molecule has 10 heteroatoms. The number of carbonyl (C=O) groups excluding carboxylic acids is 1. The normalized spacial score (nSPS) is 11.9. The van der Waals surface area contributed by atoms with Crippen molar-refractivity contribution in [3.05, 3.63) is 56.8 Å². The molecule has 0 saturated carbocycles. The zero-order chi connectivity index (χ0) is 20.5. The van der Waals surface area contributed by atoms with Gasteiger partial charge in [0.2, 0.25) is 10.0 Å². The number of halogens is 4. The van der Waals surface area contributed by atoms with Crippen molar-refractivity contribution in [2.45, 2.75) is 24.8 Å². The van der Waals surface area contributed by atoms with Crippen LogP contribution in [-0.4, -0.2) is 31.7 Å². The first-order valence-electron chi connectivity index (χ1n) is 7.68. The van der Waals surface area contributed by atoms with Crippen LogP contribution in [0.3, 0.4) is 0 Å². The molecule has 0 radical (unpaired) electrons. The fraction of sp³-hybridized carbons (Fsp3) is 0.235. The topological polar surface area (TPSA) is 66.5 Å². The maximum Gasteiger partial charge on any atom is 0.258 e. The highest BCUT2D eigenvalue weighted by atomic mass is 35.5. The Morgan fingerprint density at radius 1 is 1.07 bits per heavy atom. The van der Waals surface area contributed by atoms with Crippen molar-refractivity contribution in [1.29, 1.82) is 0 Å². The van der Waals surface area contributed by atoms with Gasteiger partial charge in [-0.05, 0) is 44.2 Å². The Morgan fingerprint density at radius 2 is 1.67 bits per heavy atom.